The number of hydrogen-bond donors (Lipinski definition) is 2. The lowest BCUT2D eigenvalue weighted by molar-refractivity contribution is 0.430. The minimum atomic E-state index is -4.12. The maximum Gasteiger partial charge on any atom is 0.241 e. The van der Waals surface area contributed by atoms with Gasteiger partial charge < -0.3 is 0 Å². The third-order valence-corrected chi connectivity index (χ3v) is 7.03. The van der Waals surface area contributed by atoms with E-state index in [1.807, 2.05) is 9.55 Å². The molecule has 0 fully saturated rings. The zero-order valence-corrected chi connectivity index (χ0v) is 14.8. The standard InChI is InChI=1S/C9H23N3O6S3/c1-4-6-8-20(15,16)11-12(3)21(17,18)9-10-19(13,14)7-5-2/h10-11H,4-9H2,1-3H3. The van der Waals surface area contributed by atoms with Gasteiger partial charge in [0.05, 0.1) is 11.5 Å². The van der Waals surface area contributed by atoms with E-state index in [0.717, 1.165) is 7.05 Å². The topological polar surface area (TPSA) is 130 Å². The van der Waals surface area contributed by atoms with Crippen LogP contribution in [0.2, 0.25) is 0 Å². The van der Waals surface area contributed by atoms with E-state index in [-0.39, 0.29) is 11.5 Å². The number of unbranched alkanes of at least 4 members (excludes halogenated alkanes) is 1. The Morgan fingerprint density at radius 1 is 0.857 bits per heavy atom. The predicted octanol–water partition coefficient (Wildman–Crippen LogP) is -0.831. The summed E-state index contributed by atoms with van der Waals surface area (Å²) in [5, 5.41) is 0. The van der Waals surface area contributed by atoms with E-state index in [1.54, 1.807) is 13.8 Å². The van der Waals surface area contributed by atoms with E-state index in [4.69, 9.17) is 0 Å². The van der Waals surface area contributed by atoms with Gasteiger partial charge in [0.15, 0.2) is 0 Å². The van der Waals surface area contributed by atoms with Gasteiger partial charge in [0, 0.05) is 7.05 Å². The lowest BCUT2D eigenvalue weighted by Gasteiger charge is -2.18. The number of hydrogen-bond acceptors (Lipinski definition) is 6. The molecule has 12 heteroatoms. The van der Waals surface area contributed by atoms with Gasteiger partial charge in [-0.25, -0.2) is 25.3 Å². The summed E-state index contributed by atoms with van der Waals surface area (Å²) < 4.78 is 71.9. The second-order valence-corrected chi connectivity index (χ2v) is 10.2. The summed E-state index contributed by atoms with van der Waals surface area (Å²) in [6.45, 7) is 3.44. The number of sulfonamides is 3. The van der Waals surface area contributed by atoms with Crippen molar-refractivity contribution in [3.63, 3.8) is 0 Å². The van der Waals surface area contributed by atoms with Crippen LogP contribution in [-0.4, -0.2) is 54.1 Å². The third-order valence-electron chi connectivity index (χ3n) is 2.39. The molecule has 0 radical (unpaired) electrons. The second-order valence-electron chi connectivity index (χ2n) is 4.45. The lowest BCUT2D eigenvalue weighted by atomic mass is 10.4. The Morgan fingerprint density at radius 2 is 1.43 bits per heavy atom. The zero-order chi connectivity index (χ0) is 16.7. The van der Waals surface area contributed by atoms with E-state index in [2.05, 4.69) is 0 Å². The highest BCUT2D eigenvalue weighted by Crippen LogP contribution is 2.00. The summed E-state index contributed by atoms with van der Waals surface area (Å²) in [4.78, 5) is 1.88. The first-order chi connectivity index (χ1) is 9.46. The summed E-state index contributed by atoms with van der Waals surface area (Å²) in [5.74, 6) is -1.30. The van der Waals surface area contributed by atoms with Gasteiger partial charge in [-0.05, 0) is 12.8 Å². The van der Waals surface area contributed by atoms with Crippen molar-refractivity contribution in [3.8, 4) is 0 Å². The fraction of sp³-hybridized carbons (Fsp3) is 1.00. The smallest absolute Gasteiger partial charge is 0.212 e. The first-order valence-electron chi connectivity index (χ1n) is 6.40. The van der Waals surface area contributed by atoms with Crippen LogP contribution in [0.25, 0.3) is 0 Å². The number of nitrogens with zero attached hydrogens (tertiary/aromatic N) is 1. The predicted molar refractivity (Wildman–Crippen MR) is 80.6 cm³/mol. The SMILES string of the molecule is CCCCS(=O)(=O)NN(C)S(=O)(=O)CNS(=O)(=O)CCC. The first kappa shape index (κ1) is 20.7. The molecule has 0 saturated heterocycles. The van der Waals surface area contributed by atoms with Crippen LogP contribution in [0.3, 0.4) is 0 Å². The first-order valence-corrected chi connectivity index (χ1v) is 11.3. The molecule has 0 bridgehead atoms. The average Bonchev–Trinajstić information content (AvgIpc) is 2.34. The van der Waals surface area contributed by atoms with Gasteiger partial charge in [0.25, 0.3) is 0 Å². The zero-order valence-electron chi connectivity index (χ0n) is 12.4. The summed E-state index contributed by atoms with van der Waals surface area (Å²) in [5.41, 5.74) is 0. The van der Waals surface area contributed by atoms with Crippen LogP contribution in [0.1, 0.15) is 33.1 Å². The Bertz CT molecular complexity index is 611. The van der Waals surface area contributed by atoms with Gasteiger partial charge in [-0.15, -0.1) is 9.25 Å². The largest absolute Gasteiger partial charge is 0.241 e. The maximum absolute atomic E-state index is 11.8. The van der Waals surface area contributed by atoms with Crippen LogP contribution >= 0.6 is 0 Å². The highest BCUT2D eigenvalue weighted by Gasteiger charge is 2.24. The van der Waals surface area contributed by atoms with Gasteiger partial charge in [-0.3, -0.25) is 0 Å². The molecule has 0 aromatic heterocycles. The molecule has 0 amide bonds. The molecule has 0 rings (SSSR count). The van der Waals surface area contributed by atoms with Crippen molar-refractivity contribution in [2.75, 3.05) is 24.4 Å². The van der Waals surface area contributed by atoms with E-state index >= 15 is 0 Å². The van der Waals surface area contributed by atoms with Gasteiger partial charge >= 0.3 is 0 Å². The van der Waals surface area contributed by atoms with E-state index in [1.165, 1.54) is 0 Å². The molecule has 0 unspecified atom stereocenters. The molecule has 0 heterocycles. The minimum absolute atomic E-state index is 0.200. The van der Waals surface area contributed by atoms with Gasteiger partial charge in [-0.2, -0.15) is 4.72 Å². The summed E-state index contributed by atoms with van der Waals surface area (Å²) in [6.07, 6.45) is 1.38. The molecule has 0 aromatic carbocycles. The molecular weight excluding hydrogens is 342 g/mol. The van der Waals surface area contributed by atoms with Crippen molar-refractivity contribution in [1.29, 1.82) is 0 Å². The molecule has 21 heavy (non-hydrogen) atoms. The molecule has 128 valence electrons. The molecule has 0 spiro atoms. The molecule has 0 atom stereocenters. The Kier molecular flexibility index (Phi) is 8.28. The quantitative estimate of drug-likeness (QED) is 0.460. The normalized spacial score (nSPS) is 13.7. The summed E-state index contributed by atoms with van der Waals surface area (Å²) >= 11 is 0. The van der Waals surface area contributed by atoms with Gasteiger partial charge in [-0.1, -0.05) is 20.3 Å². The Labute approximate surface area is 127 Å². The van der Waals surface area contributed by atoms with Crippen LogP contribution in [0.4, 0.5) is 0 Å². The number of hydrazine groups is 1. The van der Waals surface area contributed by atoms with Crippen molar-refractivity contribution in [1.82, 2.24) is 14.0 Å². The monoisotopic (exact) mass is 365 g/mol. The molecule has 9 nitrogen and oxygen atoms in total. The summed E-state index contributed by atoms with van der Waals surface area (Å²) in [7, 11) is -10.6. The van der Waals surface area contributed by atoms with Crippen LogP contribution in [-0.2, 0) is 30.1 Å². The lowest BCUT2D eigenvalue weighted by Crippen LogP contribution is -2.47. The van der Waals surface area contributed by atoms with Gasteiger partial charge in [0.2, 0.25) is 30.1 Å². The average molecular weight is 365 g/mol. The number of rotatable bonds is 11. The third kappa shape index (κ3) is 8.68. The fourth-order valence-electron chi connectivity index (χ4n) is 1.23. The molecule has 0 aliphatic carbocycles. The van der Waals surface area contributed by atoms with Crippen molar-refractivity contribution >= 4 is 30.1 Å². The molecule has 0 saturated carbocycles. The van der Waals surface area contributed by atoms with E-state index in [0.29, 0.717) is 23.7 Å². The Hall–Kier alpha value is -0.270. The Balaban J connectivity index is 4.71. The second kappa shape index (κ2) is 8.39. The Morgan fingerprint density at radius 3 is 1.90 bits per heavy atom. The molecule has 0 aromatic rings. The van der Waals surface area contributed by atoms with Crippen LogP contribution in [0.15, 0.2) is 0 Å². The van der Waals surface area contributed by atoms with Crippen molar-refractivity contribution in [3.05, 3.63) is 0 Å². The molecule has 0 aliphatic rings. The van der Waals surface area contributed by atoms with Crippen molar-refractivity contribution < 1.29 is 25.3 Å². The summed E-state index contributed by atoms with van der Waals surface area (Å²) in [6, 6.07) is 0. The maximum atomic E-state index is 11.8. The van der Waals surface area contributed by atoms with E-state index in [9.17, 15) is 25.3 Å². The molecule has 2 N–H and O–H groups in total. The van der Waals surface area contributed by atoms with Crippen molar-refractivity contribution in [2.45, 2.75) is 33.1 Å². The minimum Gasteiger partial charge on any atom is -0.212 e. The van der Waals surface area contributed by atoms with Crippen LogP contribution < -0.4 is 9.55 Å². The highest BCUT2D eigenvalue weighted by molar-refractivity contribution is 7.93. The van der Waals surface area contributed by atoms with E-state index < -0.39 is 35.9 Å². The number of nitrogens with one attached hydrogen (secondary N) is 2. The highest BCUT2D eigenvalue weighted by atomic mass is 32.2. The van der Waals surface area contributed by atoms with Gasteiger partial charge in [0.1, 0.15) is 5.88 Å². The fourth-order valence-corrected chi connectivity index (χ4v) is 5.37. The van der Waals surface area contributed by atoms with Crippen LogP contribution in [0.5, 0.6) is 0 Å². The molecule has 0 aliphatic heterocycles. The van der Waals surface area contributed by atoms with Crippen LogP contribution in [0, 0.1) is 0 Å². The van der Waals surface area contributed by atoms with Crippen molar-refractivity contribution in [2.24, 2.45) is 0 Å². The molecular formula is C9H23N3O6S3.